The summed E-state index contributed by atoms with van der Waals surface area (Å²) in [7, 11) is 0. The maximum Gasteiger partial charge on any atom is 0.276 e. The van der Waals surface area contributed by atoms with Crippen LogP contribution in [0.2, 0.25) is 0 Å². The third-order valence-corrected chi connectivity index (χ3v) is 4.75. The van der Waals surface area contributed by atoms with Crippen LogP contribution >= 0.6 is 15.9 Å². The highest BCUT2D eigenvalue weighted by Gasteiger charge is 2.10. The first kappa shape index (κ1) is 19.7. The minimum Gasteiger partial charge on any atom is -0.494 e. The molecule has 0 saturated heterocycles. The van der Waals surface area contributed by atoms with Crippen molar-refractivity contribution in [1.29, 1.82) is 0 Å². The number of carbonyl (C=O) groups excluding carboxylic acids is 2. The topological polar surface area (TPSA) is 76.7 Å². The molecular formula is C21H19BrN2O4. The van der Waals surface area contributed by atoms with Gasteiger partial charge in [0.1, 0.15) is 11.5 Å². The number of hydrogen-bond donors (Lipinski definition) is 2. The van der Waals surface area contributed by atoms with Crippen LogP contribution in [0.3, 0.4) is 0 Å². The van der Waals surface area contributed by atoms with Gasteiger partial charge in [-0.2, -0.15) is 0 Å². The van der Waals surface area contributed by atoms with Gasteiger partial charge in [0.25, 0.3) is 11.8 Å². The molecule has 0 spiro atoms. The van der Waals surface area contributed by atoms with Crippen molar-refractivity contribution in [1.82, 2.24) is 10.9 Å². The maximum atomic E-state index is 12.1. The molecule has 0 unspecified atom stereocenters. The fourth-order valence-corrected chi connectivity index (χ4v) is 3.18. The van der Waals surface area contributed by atoms with Gasteiger partial charge >= 0.3 is 0 Å². The first-order valence-electron chi connectivity index (χ1n) is 8.70. The van der Waals surface area contributed by atoms with Crippen molar-refractivity contribution in [2.75, 3.05) is 13.2 Å². The molecule has 2 N–H and O–H groups in total. The molecule has 7 heteroatoms. The Balaban J connectivity index is 1.52. The Morgan fingerprint density at radius 2 is 1.68 bits per heavy atom. The Labute approximate surface area is 170 Å². The monoisotopic (exact) mass is 442 g/mol. The summed E-state index contributed by atoms with van der Waals surface area (Å²) < 4.78 is 11.7. The number of amides is 2. The molecule has 144 valence electrons. The summed E-state index contributed by atoms with van der Waals surface area (Å²) in [5.41, 5.74) is 5.10. The molecule has 0 aliphatic rings. The summed E-state index contributed by atoms with van der Waals surface area (Å²) in [6, 6.07) is 18.2. The Morgan fingerprint density at radius 1 is 0.929 bits per heavy atom. The maximum absolute atomic E-state index is 12.1. The van der Waals surface area contributed by atoms with Crippen LogP contribution in [-0.4, -0.2) is 25.0 Å². The molecule has 0 bridgehead atoms. The third-order valence-electron chi connectivity index (χ3n) is 3.93. The minimum atomic E-state index is -0.473. The molecule has 0 aliphatic carbocycles. The molecule has 0 saturated carbocycles. The lowest BCUT2D eigenvalue weighted by molar-refractivity contribution is -0.123. The second kappa shape index (κ2) is 9.23. The van der Waals surface area contributed by atoms with Crippen molar-refractivity contribution < 1.29 is 19.1 Å². The largest absolute Gasteiger partial charge is 0.494 e. The predicted molar refractivity (Wildman–Crippen MR) is 110 cm³/mol. The average Bonchev–Trinajstić information content (AvgIpc) is 2.72. The number of hydrogen-bond acceptors (Lipinski definition) is 4. The quantitative estimate of drug-likeness (QED) is 0.568. The van der Waals surface area contributed by atoms with Gasteiger partial charge in [0.2, 0.25) is 0 Å². The van der Waals surface area contributed by atoms with E-state index in [1.165, 1.54) is 0 Å². The number of rotatable bonds is 6. The summed E-state index contributed by atoms with van der Waals surface area (Å²) in [6.07, 6.45) is 0. The van der Waals surface area contributed by atoms with Crippen LogP contribution in [0.15, 0.2) is 65.1 Å². The molecule has 3 aromatic rings. The van der Waals surface area contributed by atoms with Crippen molar-refractivity contribution in [3.8, 4) is 11.5 Å². The molecule has 28 heavy (non-hydrogen) atoms. The zero-order valence-electron chi connectivity index (χ0n) is 15.2. The lowest BCUT2D eigenvalue weighted by atomic mass is 10.1. The average molecular weight is 443 g/mol. The van der Waals surface area contributed by atoms with E-state index in [4.69, 9.17) is 9.47 Å². The van der Waals surface area contributed by atoms with E-state index >= 15 is 0 Å². The SMILES string of the molecule is CCOc1ccc(C(=O)NNC(=O)COc2ccc3ccccc3c2Br)cc1. The number of nitrogens with one attached hydrogen (secondary N) is 2. The highest BCUT2D eigenvalue weighted by molar-refractivity contribution is 9.10. The van der Waals surface area contributed by atoms with Gasteiger partial charge in [0.15, 0.2) is 6.61 Å². The normalized spacial score (nSPS) is 10.4. The lowest BCUT2D eigenvalue weighted by Gasteiger charge is -2.11. The predicted octanol–water partition coefficient (Wildman–Crippen LogP) is 3.84. The van der Waals surface area contributed by atoms with Crippen molar-refractivity contribution in [3.63, 3.8) is 0 Å². The van der Waals surface area contributed by atoms with Crippen molar-refractivity contribution in [3.05, 3.63) is 70.7 Å². The van der Waals surface area contributed by atoms with E-state index in [0.29, 0.717) is 23.7 Å². The van der Waals surface area contributed by atoms with Crippen LogP contribution in [0.25, 0.3) is 10.8 Å². The van der Waals surface area contributed by atoms with Crippen LogP contribution in [0.1, 0.15) is 17.3 Å². The molecule has 6 nitrogen and oxygen atoms in total. The Hall–Kier alpha value is -3.06. The number of fused-ring (bicyclic) bond motifs is 1. The van der Waals surface area contributed by atoms with Gasteiger partial charge in [-0.25, -0.2) is 0 Å². The summed E-state index contributed by atoms with van der Waals surface area (Å²) >= 11 is 3.50. The fraction of sp³-hybridized carbons (Fsp3) is 0.143. The van der Waals surface area contributed by atoms with E-state index in [1.807, 2.05) is 37.3 Å². The summed E-state index contributed by atoms with van der Waals surface area (Å²) in [6.45, 7) is 2.20. The van der Waals surface area contributed by atoms with Crippen LogP contribution < -0.4 is 20.3 Å². The van der Waals surface area contributed by atoms with E-state index in [9.17, 15) is 9.59 Å². The van der Waals surface area contributed by atoms with Gasteiger partial charge in [0, 0.05) is 5.56 Å². The molecule has 2 amide bonds. The highest BCUT2D eigenvalue weighted by Crippen LogP contribution is 2.32. The smallest absolute Gasteiger partial charge is 0.276 e. The van der Waals surface area contributed by atoms with Crippen molar-refractivity contribution >= 4 is 38.5 Å². The molecule has 0 aliphatic heterocycles. The second-order valence-corrected chi connectivity index (χ2v) is 6.64. The molecule has 0 radical (unpaired) electrons. The van der Waals surface area contributed by atoms with Crippen LogP contribution in [-0.2, 0) is 4.79 Å². The second-order valence-electron chi connectivity index (χ2n) is 5.85. The van der Waals surface area contributed by atoms with E-state index in [-0.39, 0.29) is 6.61 Å². The zero-order chi connectivity index (χ0) is 19.9. The van der Waals surface area contributed by atoms with E-state index < -0.39 is 11.8 Å². The van der Waals surface area contributed by atoms with Gasteiger partial charge < -0.3 is 9.47 Å². The van der Waals surface area contributed by atoms with Gasteiger partial charge in [-0.1, -0.05) is 30.3 Å². The summed E-state index contributed by atoms with van der Waals surface area (Å²) in [5.74, 6) is 0.326. The van der Waals surface area contributed by atoms with Gasteiger partial charge in [-0.15, -0.1) is 0 Å². The lowest BCUT2D eigenvalue weighted by Crippen LogP contribution is -2.43. The highest BCUT2D eigenvalue weighted by atomic mass is 79.9. The van der Waals surface area contributed by atoms with Crippen molar-refractivity contribution in [2.45, 2.75) is 6.92 Å². The first-order chi connectivity index (χ1) is 13.6. The first-order valence-corrected chi connectivity index (χ1v) is 9.50. The number of ether oxygens (including phenoxy) is 2. The molecule has 0 aromatic heterocycles. The molecule has 3 aromatic carbocycles. The zero-order valence-corrected chi connectivity index (χ0v) is 16.8. The van der Waals surface area contributed by atoms with E-state index in [1.54, 1.807) is 30.3 Å². The molecule has 0 fully saturated rings. The molecule has 0 heterocycles. The molecule has 0 atom stereocenters. The number of hydrazine groups is 1. The van der Waals surface area contributed by atoms with Crippen molar-refractivity contribution in [2.24, 2.45) is 0 Å². The van der Waals surface area contributed by atoms with Crippen LogP contribution in [0.4, 0.5) is 0 Å². The fourth-order valence-electron chi connectivity index (χ4n) is 2.57. The number of benzene rings is 3. The Bertz CT molecular complexity index is 989. The Kier molecular flexibility index (Phi) is 6.49. The third kappa shape index (κ3) is 4.80. The minimum absolute atomic E-state index is 0.236. The van der Waals surface area contributed by atoms with E-state index in [0.717, 1.165) is 15.2 Å². The Morgan fingerprint density at radius 3 is 2.43 bits per heavy atom. The van der Waals surface area contributed by atoms with Gasteiger partial charge in [-0.05, 0) is 64.0 Å². The van der Waals surface area contributed by atoms with Crippen LogP contribution in [0.5, 0.6) is 11.5 Å². The summed E-state index contributed by atoms with van der Waals surface area (Å²) in [5, 5.41) is 2.05. The summed E-state index contributed by atoms with van der Waals surface area (Å²) in [4.78, 5) is 24.1. The number of halogens is 1. The molecule has 3 rings (SSSR count). The molecular weight excluding hydrogens is 424 g/mol. The number of carbonyl (C=O) groups is 2. The standard InChI is InChI=1S/C21H19BrN2O4/c1-2-27-16-10-7-15(8-11-16)21(26)24-23-19(25)13-28-18-12-9-14-5-3-4-6-17(14)20(18)22/h3-12H,2,13H2,1H3,(H,23,25)(H,24,26). The van der Waals surface area contributed by atoms with Crippen LogP contribution in [0, 0.1) is 0 Å². The van der Waals surface area contributed by atoms with Gasteiger partial charge in [0.05, 0.1) is 11.1 Å². The van der Waals surface area contributed by atoms with E-state index in [2.05, 4.69) is 26.8 Å². The van der Waals surface area contributed by atoms with Gasteiger partial charge in [-0.3, -0.25) is 20.4 Å².